The van der Waals surface area contributed by atoms with E-state index in [1.54, 1.807) is 49.6 Å². The molecule has 1 saturated carbocycles. The number of imide groups is 1. The van der Waals surface area contributed by atoms with Crippen LogP contribution < -0.4 is 19.7 Å². The summed E-state index contributed by atoms with van der Waals surface area (Å²) in [5.74, 6) is 0.357. The third-order valence-electron chi connectivity index (χ3n) is 6.51. The van der Waals surface area contributed by atoms with Gasteiger partial charge >= 0.3 is 0 Å². The van der Waals surface area contributed by atoms with Crippen LogP contribution in [0.4, 0.5) is 11.4 Å². The first-order chi connectivity index (χ1) is 15.0. The molecular weight excluding hydrogens is 396 g/mol. The molecule has 2 bridgehead atoms. The number of nitrogens with one attached hydrogen (secondary N) is 1. The van der Waals surface area contributed by atoms with Crippen LogP contribution in [0.3, 0.4) is 0 Å². The largest absolute Gasteiger partial charge is 0.497 e. The Kier molecular flexibility index (Phi) is 4.54. The fourth-order valence-electron chi connectivity index (χ4n) is 5.01. The van der Waals surface area contributed by atoms with Crippen molar-refractivity contribution in [1.29, 1.82) is 0 Å². The predicted molar refractivity (Wildman–Crippen MR) is 114 cm³/mol. The highest BCUT2D eigenvalue weighted by molar-refractivity contribution is 6.23. The molecule has 1 saturated heterocycles. The van der Waals surface area contributed by atoms with Crippen molar-refractivity contribution in [3.63, 3.8) is 0 Å². The van der Waals surface area contributed by atoms with Gasteiger partial charge in [0.25, 0.3) is 5.91 Å². The zero-order valence-electron chi connectivity index (χ0n) is 17.2. The molecule has 5 rings (SSSR count). The minimum absolute atomic E-state index is 0.132. The lowest BCUT2D eigenvalue weighted by atomic mass is 9.85. The topological polar surface area (TPSA) is 84.9 Å². The van der Waals surface area contributed by atoms with Gasteiger partial charge in [-0.05, 0) is 54.7 Å². The number of hydrogen-bond acceptors (Lipinski definition) is 5. The van der Waals surface area contributed by atoms with Crippen molar-refractivity contribution in [3.05, 3.63) is 60.2 Å². The van der Waals surface area contributed by atoms with E-state index in [9.17, 15) is 14.4 Å². The summed E-state index contributed by atoms with van der Waals surface area (Å²) in [6, 6.07) is 11.6. The number of rotatable bonds is 5. The lowest BCUT2D eigenvalue weighted by Crippen LogP contribution is -2.32. The van der Waals surface area contributed by atoms with Gasteiger partial charge in [0.15, 0.2) is 0 Å². The number of ether oxygens (including phenoxy) is 2. The first-order valence-corrected chi connectivity index (χ1v) is 10.2. The Morgan fingerprint density at radius 2 is 1.58 bits per heavy atom. The average Bonchev–Trinajstić information content (AvgIpc) is 3.48. The highest BCUT2D eigenvalue weighted by Gasteiger charge is 2.59. The van der Waals surface area contributed by atoms with Crippen molar-refractivity contribution < 1.29 is 23.9 Å². The number of fused-ring (bicyclic) bond motifs is 5. The zero-order chi connectivity index (χ0) is 21.7. The molecule has 3 aliphatic rings. The van der Waals surface area contributed by atoms with Crippen LogP contribution >= 0.6 is 0 Å². The van der Waals surface area contributed by atoms with Crippen LogP contribution in [0.15, 0.2) is 54.6 Å². The SMILES string of the molecule is COc1ccc(NC(=O)c2ccc(N3C(=O)[C@@H]4[C@H](C3=O)[C@@H]3C=C[C@H]4C3)cc2)c(OC)c1. The van der Waals surface area contributed by atoms with E-state index < -0.39 is 0 Å². The summed E-state index contributed by atoms with van der Waals surface area (Å²) in [6.45, 7) is 0. The summed E-state index contributed by atoms with van der Waals surface area (Å²) >= 11 is 0. The number of carbonyl (C=O) groups excluding carboxylic acids is 3. The van der Waals surface area contributed by atoms with E-state index in [0.717, 1.165) is 6.42 Å². The predicted octanol–water partition coefficient (Wildman–Crippen LogP) is 3.27. The second-order valence-electron chi connectivity index (χ2n) is 8.08. The second-order valence-corrected chi connectivity index (χ2v) is 8.08. The van der Waals surface area contributed by atoms with E-state index >= 15 is 0 Å². The summed E-state index contributed by atoms with van der Waals surface area (Å²) in [5, 5.41) is 2.81. The number of methoxy groups -OCH3 is 2. The Labute approximate surface area is 179 Å². The van der Waals surface area contributed by atoms with Crippen molar-refractivity contribution in [3.8, 4) is 11.5 Å². The molecule has 158 valence electrons. The Morgan fingerprint density at radius 1 is 0.935 bits per heavy atom. The number of nitrogens with zero attached hydrogens (tertiary/aromatic N) is 1. The van der Waals surface area contributed by atoms with Crippen molar-refractivity contribution in [1.82, 2.24) is 0 Å². The molecule has 0 spiro atoms. The van der Waals surface area contributed by atoms with Crippen LogP contribution in [0, 0.1) is 23.7 Å². The van der Waals surface area contributed by atoms with Crippen LogP contribution in [0.5, 0.6) is 11.5 Å². The number of allylic oxidation sites excluding steroid dienone is 2. The van der Waals surface area contributed by atoms with Gasteiger partial charge < -0.3 is 14.8 Å². The molecule has 1 heterocycles. The van der Waals surface area contributed by atoms with Crippen LogP contribution in [-0.4, -0.2) is 31.9 Å². The molecule has 2 aromatic carbocycles. The summed E-state index contributed by atoms with van der Waals surface area (Å²) in [6.07, 6.45) is 5.04. The number of hydrogen-bond donors (Lipinski definition) is 1. The lowest BCUT2D eigenvalue weighted by Gasteiger charge is -2.17. The minimum atomic E-state index is -0.326. The van der Waals surface area contributed by atoms with Crippen molar-refractivity contribution in [2.75, 3.05) is 24.4 Å². The van der Waals surface area contributed by atoms with Gasteiger partial charge in [0, 0.05) is 11.6 Å². The minimum Gasteiger partial charge on any atom is -0.497 e. The van der Waals surface area contributed by atoms with Gasteiger partial charge in [-0.1, -0.05) is 12.2 Å². The molecule has 1 N–H and O–H groups in total. The van der Waals surface area contributed by atoms with E-state index in [4.69, 9.17) is 9.47 Å². The molecule has 2 aromatic rings. The monoisotopic (exact) mass is 418 g/mol. The Bertz CT molecular complexity index is 1080. The molecule has 0 aromatic heterocycles. The molecule has 0 radical (unpaired) electrons. The number of benzene rings is 2. The molecule has 0 unspecified atom stereocenters. The van der Waals surface area contributed by atoms with E-state index in [0.29, 0.717) is 28.4 Å². The molecule has 3 amide bonds. The normalized spacial score (nSPS) is 25.7. The molecule has 4 atom stereocenters. The maximum absolute atomic E-state index is 12.9. The zero-order valence-corrected chi connectivity index (χ0v) is 17.2. The van der Waals surface area contributed by atoms with Crippen LogP contribution in [0.1, 0.15) is 16.8 Å². The standard InChI is InChI=1S/C24H22N2O5/c1-30-17-9-10-18(19(12-17)31-2)25-22(27)13-5-7-16(8-6-13)26-23(28)20-14-3-4-15(11-14)21(20)24(26)29/h3-10,12,14-15,20-21H,11H2,1-2H3,(H,25,27)/t14-,15+,20-,21+. The van der Waals surface area contributed by atoms with Crippen molar-refractivity contribution >= 4 is 29.1 Å². The van der Waals surface area contributed by atoms with Crippen LogP contribution in [-0.2, 0) is 9.59 Å². The molecule has 2 fully saturated rings. The Balaban J connectivity index is 1.33. The maximum Gasteiger partial charge on any atom is 0.255 e. The van der Waals surface area contributed by atoms with E-state index in [2.05, 4.69) is 17.5 Å². The summed E-state index contributed by atoms with van der Waals surface area (Å²) in [5.41, 5.74) is 1.42. The Morgan fingerprint density at radius 3 is 2.16 bits per heavy atom. The van der Waals surface area contributed by atoms with Crippen LogP contribution in [0.2, 0.25) is 0 Å². The molecule has 7 heteroatoms. The third-order valence-corrected chi connectivity index (χ3v) is 6.51. The second kappa shape index (κ2) is 7.27. The molecule has 2 aliphatic carbocycles. The van der Waals surface area contributed by atoms with Gasteiger partial charge in [0.1, 0.15) is 11.5 Å². The van der Waals surface area contributed by atoms with Crippen LogP contribution in [0.25, 0.3) is 0 Å². The average molecular weight is 418 g/mol. The fourth-order valence-corrected chi connectivity index (χ4v) is 5.01. The molecule has 31 heavy (non-hydrogen) atoms. The van der Waals surface area contributed by atoms with Crippen molar-refractivity contribution in [2.24, 2.45) is 23.7 Å². The summed E-state index contributed by atoms with van der Waals surface area (Å²) in [4.78, 5) is 39.9. The van der Waals surface area contributed by atoms with Gasteiger partial charge in [0.2, 0.25) is 11.8 Å². The van der Waals surface area contributed by atoms with Gasteiger partial charge in [0.05, 0.1) is 37.4 Å². The van der Waals surface area contributed by atoms with Gasteiger partial charge in [-0.3, -0.25) is 19.3 Å². The summed E-state index contributed by atoms with van der Waals surface area (Å²) in [7, 11) is 3.07. The smallest absolute Gasteiger partial charge is 0.255 e. The van der Waals surface area contributed by atoms with Gasteiger partial charge in [-0.2, -0.15) is 0 Å². The maximum atomic E-state index is 12.9. The highest BCUT2D eigenvalue weighted by atomic mass is 16.5. The quantitative estimate of drug-likeness (QED) is 0.595. The van der Waals surface area contributed by atoms with Gasteiger partial charge in [-0.15, -0.1) is 0 Å². The number of anilines is 2. The molecular formula is C24H22N2O5. The number of carbonyl (C=O) groups is 3. The van der Waals surface area contributed by atoms with E-state index in [1.165, 1.54) is 12.0 Å². The molecule has 1 aliphatic heterocycles. The first kappa shape index (κ1) is 19.4. The first-order valence-electron chi connectivity index (χ1n) is 10.2. The highest BCUT2D eigenvalue weighted by Crippen LogP contribution is 2.53. The molecule has 7 nitrogen and oxygen atoms in total. The Hall–Kier alpha value is -3.61. The van der Waals surface area contributed by atoms with Crippen molar-refractivity contribution in [2.45, 2.75) is 6.42 Å². The van der Waals surface area contributed by atoms with E-state index in [1.807, 2.05) is 0 Å². The third kappa shape index (κ3) is 3.00. The number of amides is 3. The summed E-state index contributed by atoms with van der Waals surface area (Å²) < 4.78 is 10.5. The van der Waals surface area contributed by atoms with Gasteiger partial charge in [-0.25, -0.2) is 0 Å². The fraction of sp³-hybridized carbons (Fsp3) is 0.292. The lowest BCUT2D eigenvalue weighted by molar-refractivity contribution is -0.123. The van der Waals surface area contributed by atoms with E-state index in [-0.39, 0.29) is 41.4 Å².